The molecule has 0 aliphatic rings. The molecule has 0 radical (unpaired) electrons. The highest BCUT2D eigenvalue weighted by molar-refractivity contribution is 5.93. The predicted molar refractivity (Wildman–Crippen MR) is 65.2 cm³/mol. The molecule has 0 fully saturated rings. The molecule has 2 nitrogen and oxygen atoms in total. The van der Waals surface area contributed by atoms with Gasteiger partial charge >= 0.3 is 0 Å². The fraction of sp³-hybridized carbons (Fsp3) is 0.462. The Balaban J connectivity index is 0.000000583. The van der Waals surface area contributed by atoms with Gasteiger partial charge in [-0.25, -0.2) is 0 Å². The minimum atomic E-state index is 0.0509. The van der Waals surface area contributed by atoms with E-state index in [1.54, 1.807) is 19.0 Å². The van der Waals surface area contributed by atoms with Gasteiger partial charge in [-0.1, -0.05) is 38.0 Å². The second kappa shape index (κ2) is 7.04. The molecular formula is C13H21NO. The van der Waals surface area contributed by atoms with E-state index >= 15 is 0 Å². The van der Waals surface area contributed by atoms with Crippen LogP contribution in [0, 0.1) is 6.92 Å². The summed E-state index contributed by atoms with van der Waals surface area (Å²) in [4.78, 5) is 13.0. The molecule has 84 valence electrons. The summed E-state index contributed by atoms with van der Waals surface area (Å²) >= 11 is 0. The van der Waals surface area contributed by atoms with Crippen LogP contribution in [-0.4, -0.2) is 24.9 Å². The fourth-order valence-electron chi connectivity index (χ4n) is 0.954. The maximum absolute atomic E-state index is 11.4. The highest BCUT2D eigenvalue weighted by Gasteiger charge is 2.05. The van der Waals surface area contributed by atoms with Gasteiger partial charge in [-0.15, -0.1) is 0 Å². The summed E-state index contributed by atoms with van der Waals surface area (Å²) in [5, 5.41) is 0. The first-order valence-corrected chi connectivity index (χ1v) is 5.31. The zero-order valence-corrected chi connectivity index (χ0v) is 10.4. The van der Waals surface area contributed by atoms with E-state index in [9.17, 15) is 4.79 Å². The summed E-state index contributed by atoms with van der Waals surface area (Å²) in [6.45, 7) is 6.25. The summed E-state index contributed by atoms with van der Waals surface area (Å²) in [6.07, 6.45) is 1.25. The first-order chi connectivity index (χ1) is 7.02. The number of hydrogen-bond acceptors (Lipinski definition) is 1. The van der Waals surface area contributed by atoms with Crippen molar-refractivity contribution < 1.29 is 4.79 Å². The van der Waals surface area contributed by atoms with Crippen LogP contribution in [0.15, 0.2) is 24.3 Å². The average molecular weight is 207 g/mol. The smallest absolute Gasteiger partial charge is 0.253 e. The van der Waals surface area contributed by atoms with Gasteiger partial charge in [-0.2, -0.15) is 0 Å². The number of aryl methyl sites for hydroxylation is 1. The Morgan fingerprint density at radius 2 is 1.53 bits per heavy atom. The third-order valence-corrected chi connectivity index (χ3v) is 1.70. The van der Waals surface area contributed by atoms with Gasteiger partial charge in [0.25, 0.3) is 5.91 Å². The first-order valence-electron chi connectivity index (χ1n) is 5.31. The highest BCUT2D eigenvalue weighted by atomic mass is 16.2. The second-order valence-electron chi connectivity index (χ2n) is 3.77. The maximum atomic E-state index is 11.4. The summed E-state index contributed by atoms with van der Waals surface area (Å²) in [5.74, 6) is 0.0509. The van der Waals surface area contributed by atoms with E-state index < -0.39 is 0 Å². The van der Waals surface area contributed by atoms with E-state index in [4.69, 9.17) is 0 Å². The van der Waals surface area contributed by atoms with Crippen LogP contribution < -0.4 is 0 Å². The number of hydrogen-bond donors (Lipinski definition) is 0. The van der Waals surface area contributed by atoms with Crippen LogP contribution in [0.4, 0.5) is 0 Å². The van der Waals surface area contributed by atoms with Gasteiger partial charge in [0, 0.05) is 19.7 Å². The Morgan fingerprint density at radius 1 is 1.13 bits per heavy atom. The van der Waals surface area contributed by atoms with Crippen molar-refractivity contribution in [1.29, 1.82) is 0 Å². The molecular weight excluding hydrogens is 186 g/mol. The molecule has 0 spiro atoms. The van der Waals surface area contributed by atoms with Crippen LogP contribution >= 0.6 is 0 Å². The first kappa shape index (κ1) is 13.7. The van der Waals surface area contributed by atoms with Crippen LogP contribution in [0.2, 0.25) is 0 Å². The molecule has 0 atom stereocenters. The molecule has 0 saturated carbocycles. The van der Waals surface area contributed by atoms with E-state index in [0.29, 0.717) is 0 Å². The Labute approximate surface area is 92.9 Å². The largest absolute Gasteiger partial charge is 0.345 e. The van der Waals surface area contributed by atoms with Crippen molar-refractivity contribution in [3.63, 3.8) is 0 Å². The van der Waals surface area contributed by atoms with Crippen molar-refractivity contribution in [2.24, 2.45) is 0 Å². The lowest BCUT2D eigenvalue weighted by Crippen LogP contribution is -2.21. The van der Waals surface area contributed by atoms with Gasteiger partial charge < -0.3 is 4.90 Å². The van der Waals surface area contributed by atoms with Crippen LogP contribution in [0.5, 0.6) is 0 Å². The lowest BCUT2D eigenvalue weighted by Gasteiger charge is -2.09. The monoisotopic (exact) mass is 207 g/mol. The second-order valence-corrected chi connectivity index (χ2v) is 3.77. The molecule has 0 unspecified atom stereocenters. The van der Waals surface area contributed by atoms with Gasteiger partial charge in [0.2, 0.25) is 0 Å². The van der Waals surface area contributed by atoms with E-state index in [1.807, 2.05) is 31.2 Å². The Kier molecular flexibility index (Phi) is 6.43. The number of carbonyl (C=O) groups is 1. The van der Waals surface area contributed by atoms with E-state index in [-0.39, 0.29) is 5.91 Å². The molecule has 15 heavy (non-hydrogen) atoms. The minimum absolute atomic E-state index is 0.0509. The summed E-state index contributed by atoms with van der Waals surface area (Å²) in [6, 6.07) is 7.57. The molecule has 1 aromatic rings. The van der Waals surface area contributed by atoms with E-state index in [0.717, 1.165) is 5.56 Å². The van der Waals surface area contributed by atoms with Crippen molar-refractivity contribution in [3.8, 4) is 0 Å². The van der Waals surface area contributed by atoms with Crippen molar-refractivity contribution in [2.45, 2.75) is 27.2 Å². The van der Waals surface area contributed by atoms with Crippen molar-refractivity contribution in [2.75, 3.05) is 14.1 Å². The fourth-order valence-corrected chi connectivity index (χ4v) is 0.954. The van der Waals surface area contributed by atoms with Crippen molar-refractivity contribution >= 4 is 5.91 Å². The number of nitrogens with zero attached hydrogens (tertiary/aromatic N) is 1. The molecule has 0 heterocycles. The number of rotatable bonds is 1. The summed E-state index contributed by atoms with van der Waals surface area (Å²) in [5.41, 5.74) is 1.91. The van der Waals surface area contributed by atoms with Gasteiger partial charge in [-0.3, -0.25) is 4.79 Å². The molecule has 2 heteroatoms. The molecule has 1 rings (SSSR count). The van der Waals surface area contributed by atoms with E-state index in [2.05, 4.69) is 13.8 Å². The molecule has 1 aromatic carbocycles. The average Bonchev–Trinajstić information content (AvgIpc) is 2.19. The van der Waals surface area contributed by atoms with Gasteiger partial charge in [0.15, 0.2) is 0 Å². The van der Waals surface area contributed by atoms with Crippen LogP contribution in [-0.2, 0) is 0 Å². The Bertz CT molecular complexity index is 288. The third kappa shape index (κ3) is 5.21. The highest BCUT2D eigenvalue weighted by Crippen LogP contribution is 2.04. The normalized spacial score (nSPS) is 8.87. The predicted octanol–water partition coefficient (Wildman–Crippen LogP) is 3.11. The summed E-state index contributed by atoms with van der Waals surface area (Å²) in [7, 11) is 3.50. The van der Waals surface area contributed by atoms with Crippen molar-refractivity contribution in [1.82, 2.24) is 4.90 Å². The molecule has 0 aromatic heterocycles. The molecule has 1 amide bonds. The molecule has 0 aliphatic heterocycles. The Morgan fingerprint density at radius 3 is 1.87 bits per heavy atom. The minimum Gasteiger partial charge on any atom is -0.345 e. The maximum Gasteiger partial charge on any atom is 0.253 e. The van der Waals surface area contributed by atoms with Gasteiger partial charge in [-0.05, 0) is 19.1 Å². The third-order valence-electron chi connectivity index (χ3n) is 1.70. The number of benzene rings is 1. The molecule has 0 N–H and O–H groups in total. The van der Waals surface area contributed by atoms with Crippen LogP contribution in [0.1, 0.15) is 36.2 Å². The quantitative estimate of drug-likeness (QED) is 0.693. The number of carbonyl (C=O) groups excluding carboxylic acids is 1. The van der Waals surface area contributed by atoms with Gasteiger partial charge in [0.1, 0.15) is 0 Å². The topological polar surface area (TPSA) is 20.3 Å². The van der Waals surface area contributed by atoms with Gasteiger partial charge in [0.05, 0.1) is 0 Å². The zero-order valence-electron chi connectivity index (χ0n) is 10.4. The lowest BCUT2D eigenvalue weighted by molar-refractivity contribution is 0.0827. The van der Waals surface area contributed by atoms with Crippen LogP contribution in [0.3, 0.4) is 0 Å². The molecule has 0 saturated heterocycles. The SMILES string of the molecule is CCC.Cc1ccc(C(=O)N(C)C)cc1. The standard InChI is InChI=1S/C10H13NO.C3H8/c1-8-4-6-9(7-5-8)10(12)11(2)3;1-3-2/h4-7H,1-3H3;3H2,1-2H3. The summed E-state index contributed by atoms with van der Waals surface area (Å²) < 4.78 is 0. The van der Waals surface area contributed by atoms with Crippen LogP contribution in [0.25, 0.3) is 0 Å². The lowest BCUT2D eigenvalue weighted by atomic mass is 10.1. The molecule has 0 bridgehead atoms. The van der Waals surface area contributed by atoms with Crippen molar-refractivity contribution in [3.05, 3.63) is 35.4 Å². The molecule has 0 aliphatic carbocycles. The zero-order chi connectivity index (χ0) is 11.8. The van der Waals surface area contributed by atoms with E-state index in [1.165, 1.54) is 12.0 Å². The Hall–Kier alpha value is -1.31. The number of amides is 1.